The van der Waals surface area contributed by atoms with Crippen LogP contribution in [0.1, 0.15) is 63.9 Å². The molecule has 0 spiro atoms. The van der Waals surface area contributed by atoms with Gasteiger partial charge in [0.2, 0.25) is 5.91 Å². The van der Waals surface area contributed by atoms with Gasteiger partial charge in [-0.15, -0.1) is 0 Å². The number of carbonyl (C=O) groups excluding carboxylic acids is 2. The lowest BCUT2D eigenvalue weighted by molar-refractivity contribution is -0.121. The molecule has 166 valence electrons. The van der Waals surface area contributed by atoms with Crippen molar-refractivity contribution in [2.45, 2.75) is 76.9 Å². The number of hydrogen-bond donors (Lipinski definition) is 3. The lowest BCUT2D eigenvalue weighted by Gasteiger charge is -2.20. The van der Waals surface area contributed by atoms with E-state index >= 15 is 0 Å². The Balaban J connectivity index is 1.73. The van der Waals surface area contributed by atoms with Crippen molar-refractivity contribution in [3.63, 3.8) is 0 Å². The first kappa shape index (κ1) is 24.3. The number of hydrogen-bond acceptors (Lipinski definition) is 4. The number of aliphatic hydroxyl groups excluding tert-OH is 2. The van der Waals surface area contributed by atoms with Crippen molar-refractivity contribution in [2.24, 2.45) is 11.8 Å². The van der Waals surface area contributed by atoms with E-state index in [9.17, 15) is 19.8 Å². The van der Waals surface area contributed by atoms with Crippen LogP contribution in [-0.4, -0.2) is 40.7 Å². The van der Waals surface area contributed by atoms with Crippen molar-refractivity contribution in [1.82, 2.24) is 5.32 Å². The Morgan fingerprint density at radius 1 is 1.03 bits per heavy atom. The van der Waals surface area contributed by atoms with Gasteiger partial charge in [-0.05, 0) is 43.7 Å². The molecule has 1 aliphatic rings. The van der Waals surface area contributed by atoms with Crippen molar-refractivity contribution in [1.29, 1.82) is 0 Å². The van der Waals surface area contributed by atoms with Gasteiger partial charge in [-0.2, -0.15) is 0 Å². The molecule has 1 fully saturated rings. The third kappa shape index (κ3) is 8.41. The molecule has 1 aromatic carbocycles. The highest BCUT2D eigenvalue weighted by Gasteiger charge is 2.39. The molecule has 0 heterocycles. The van der Waals surface area contributed by atoms with Gasteiger partial charge in [-0.25, -0.2) is 0 Å². The molecule has 0 saturated heterocycles. The van der Waals surface area contributed by atoms with Crippen molar-refractivity contribution >= 4 is 11.7 Å². The zero-order valence-corrected chi connectivity index (χ0v) is 18.1. The lowest BCUT2D eigenvalue weighted by Crippen LogP contribution is -2.22. The number of ketones is 1. The fraction of sp³-hybridized carbons (Fsp3) is 0.600. The van der Waals surface area contributed by atoms with Crippen molar-refractivity contribution in [3.8, 4) is 0 Å². The summed E-state index contributed by atoms with van der Waals surface area (Å²) in [7, 11) is 0. The van der Waals surface area contributed by atoms with Crippen molar-refractivity contribution in [3.05, 3.63) is 48.0 Å². The summed E-state index contributed by atoms with van der Waals surface area (Å²) in [5.74, 6) is -0.0249. The van der Waals surface area contributed by atoms with Gasteiger partial charge in [-0.1, -0.05) is 55.7 Å². The quantitative estimate of drug-likeness (QED) is 0.339. The average Bonchev–Trinajstić information content (AvgIpc) is 3.00. The first-order chi connectivity index (χ1) is 14.5. The predicted octanol–water partition coefficient (Wildman–Crippen LogP) is 3.58. The van der Waals surface area contributed by atoms with Gasteiger partial charge in [0, 0.05) is 31.7 Å². The number of rotatable bonds is 13. The molecule has 4 atom stereocenters. The molecule has 1 aromatic rings. The van der Waals surface area contributed by atoms with Gasteiger partial charge >= 0.3 is 0 Å². The van der Waals surface area contributed by atoms with Gasteiger partial charge in [0.1, 0.15) is 0 Å². The van der Waals surface area contributed by atoms with Crippen LogP contribution in [0, 0.1) is 11.8 Å². The van der Waals surface area contributed by atoms with E-state index in [1.165, 1.54) is 0 Å². The topological polar surface area (TPSA) is 86.6 Å². The van der Waals surface area contributed by atoms with E-state index in [1.54, 1.807) is 6.08 Å². The van der Waals surface area contributed by atoms with Crippen molar-refractivity contribution in [2.75, 3.05) is 6.54 Å². The summed E-state index contributed by atoms with van der Waals surface area (Å²) in [5.41, 5.74) is 1.14. The molecule has 5 nitrogen and oxygen atoms in total. The number of benzene rings is 1. The van der Waals surface area contributed by atoms with Gasteiger partial charge in [0.05, 0.1) is 12.2 Å². The van der Waals surface area contributed by atoms with Crippen LogP contribution in [0.25, 0.3) is 0 Å². The van der Waals surface area contributed by atoms with E-state index in [0.717, 1.165) is 37.7 Å². The Hall–Kier alpha value is -1.98. The molecule has 0 aromatic heterocycles. The van der Waals surface area contributed by atoms with E-state index in [4.69, 9.17) is 0 Å². The summed E-state index contributed by atoms with van der Waals surface area (Å²) in [6, 6.07) is 9.93. The highest BCUT2D eigenvalue weighted by atomic mass is 16.3. The molecule has 2 rings (SSSR count). The van der Waals surface area contributed by atoms with E-state index in [2.05, 4.69) is 5.32 Å². The smallest absolute Gasteiger partial charge is 0.219 e. The number of aliphatic hydroxyl groups is 2. The monoisotopic (exact) mass is 415 g/mol. The molecule has 3 N–H and O–H groups in total. The zero-order chi connectivity index (χ0) is 21.8. The maximum absolute atomic E-state index is 12.2. The molecule has 1 amide bonds. The predicted molar refractivity (Wildman–Crippen MR) is 119 cm³/mol. The fourth-order valence-corrected chi connectivity index (χ4v) is 4.30. The lowest BCUT2D eigenvalue weighted by atomic mass is 9.88. The maximum Gasteiger partial charge on any atom is 0.219 e. The Morgan fingerprint density at radius 2 is 1.77 bits per heavy atom. The minimum absolute atomic E-state index is 0.0124. The zero-order valence-electron chi connectivity index (χ0n) is 18.1. The first-order valence-corrected chi connectivity index (χ1v) is 11.4. The van der Waals surface area contributed by atoms with Crippen LogP contribution in [0.3, 0.4) is 0 Å². The van der Waals surface area contributed by atoms with Gasteiger partial charge in [-0.3, -0.25) is 9.59 Å². The van der Waals surface area contributed by atoms with Crippen LogP contribution in [0.2, 0.25) is 0 Å². The molecule has 0 aliphatic heterocycles. The molecular weight excluding hydrogens is 378 g/mol. The molecule has 0 unspecified atom stereocenters. The molecule has 0 bridgehead atoms. The van der Waals surface area contributed by atoms with E-state index < -0.39 is 12.2 Å². The van der Waals surface area contributed by atoms with E-state index in [0.29, 0.717) is 32.2 Å². The van der Waals surface area contributed by atoms with Crippen LogP contribution in [0.15, 0.2) is 42.5 Å². The number of unbranched alkanes of at least 4 members (excludes halogenated alkanes) is 3. The summed E-state index contributed by atoms with van der Waals surface area (Å²) in [6.07, 6.45) is 9.02. The third-order valence-corrected chi connectivity index (χ3v) is 5.99. The van der Waals surface area contributed by atoms with Gasteiger partial charge in [0.25, 0.3) is 0 Å². The Morgan fingerprint density at radius 3 is 2.50 bits per heavy atom. The second-order valence-corrected chi connectivity index (χ2v) is 8.33. The Kier molecular flexibility index (Phi) is 10.8. The summed E-state index contributed by atoms with van der Waals surface area (Å²) < 4.78 is 0. The molecule has 0 radical (unpaired) electrons. The normalized spacial score (nSPS) is 23.7. The van der Waals surface area contributed by atoms with Crippen molar-refractivity contribution < 1.29 is 19.8 Å². The summed E-state index contributed by atoms with van der Waals surface area (Å²) >= 11 is 0. The molecular formula is C25H37NO4. The second kappa shape index (κ2) is 13.3. The third-order valence-electron chi connectivity index (χ3n) is 5.99. The standard InChI is InChI=1S/C25H37NO4/c1-2-26-25(30)13-9-4-3-8-12-21-22(24(29)18-23(21)28)17-16-20(27)15-14-19-10-6-5-7-11-19/h5-7,10-11,16-17,21-24,28-29H,2-4,8-9,12-15,18H2,1H3,(H,26,30)/b17-16+/t21-,22-,23+,24-/m1/s1. The van der Waals surface area contributed by atoms with E-state index in [-0.39, 0.29) is 23.5 Å². The highest BCUT2D eigenvalue weighted by molar-refractivity contribution is 5.89. The minimum Gasteiger partial charge on any atom is -0.393 e. The van der Waals surface area contributed by atoms with E-state index in [1.807, 2.05) is 43.3 Å². The highest BCUT2D eigenvalue weighted by Crippen LogP contribution is 2.37. The number of aryl methyl sites for hydroxylation is 1. The van der Waals surface area contributed by atoms with Crippen LogP contribution < -0.4 is 5.32 Å². The number of carbonyl (C=O) groups is 2. The SMILES string of the molecule is CCNC(=O)CCCCCC[C@@H]1[C@@H](/C=C/C(=O)CCc2ccccc2)[C@H](O)C[C@@H]1O. The van der Waals surface area contributed by atoms with Crippen LogP contribution in [0.4, 0.5) is 0 Å². The minimum atomic E-state index is -0.596. The first-order valence-electron chi connectivity index (χ1n) is 11.4. The fourth-order valence-electron chi connectivity index (χ4n) is 4.30. The Bertz CT molecular complexity index is 673. The summed E-state index contributed by atoms with van der Waals surface area (Å²) in [5, 5.41) is 23.5. The van der Waals surface area contributed by atoms with Crippen LogP contribution >= 0.6 is 0 Å². The van der Waals surface area contributed by atoms with Gasteiger partial charge in [0.15, 0.2) is 5.78 Å². The van der Waals surface area contributed by atoms with Crippen LogP contribution in [0.5, 0.6) is 0 Å². The molecule has 1 saturated carbocycles. The molecule has 30 heavy (non-hydrogen) atoms. The number of nitrogens with one attached hydrogen (secondary N) is 1. The van der Waals surface area contributed by atoms with Gasteiger partial charge < -0.3 is 15.5 Å². The number of allylic oxidation sites excluding steroid dienone is 1. The molecule has 5 heteroatoms. The Labute approximate surface area is 180 Å². The number of amides is 1. The van der Waals surface area contributed by atoms with Crippen LogP contribution in [-0.2, 0) is 16.0 Å². The summed E-state index contributed by atoms with van der Waals surface area (Å²) in [4.78, 5) is 23.7. The summed E-state index contributed by atoms with van der Waals surface area (Å²) in [6.45, 7) is 2.59. The molecule has 1 aliphatic carbocycles. The maximum atomic E-state index is 12.2. The largest absolute Gasteiger partial charge is 0.393 e. The second-order valence-electron chi connectivity index (χ2n) is 8.33. The average molecular weight is 416 g/mol.